The van der Waals surface area contributed by atoms with Crippen molar-refractivity contribution in [2.24, 2.45) is 29.6 Å². The lowest BCUT2D eigenvalue weighted by Crippen LogP contribution is -2.53. The summed E-state index contributed by atoms with van der Waals surface area (Å²) in [5.74, 6) is 0.0580. The number of imidazole rings is 2. The molecular formula is C44H54F2N8O5. The fourth-order valence-electron chi connectivity index (χ4n) is 9.32. The van der Waals surface area contributed by atoms with Crippen LogP contribution < -0.4 is 16.0 Å². The molecule has 4 aromatic rings. The third kappa shape index (κ3) is 8.88. The number of ether oxygens (including phenoxy) is 1. The molecule has 0 spiro atoms. The number of methoxy groups -OCH3 is 1. The number of aromatic nitrogens is 4. The second-order valence-electron chi connectivity index (χ2n) is 16.8. The summed E-state index contributed by atoms with van der Waals surface area (Å²) in [6.07, 6.45) is 4.74. The maximum atomic E-state index is 13.8. The SMILES string of the molecule is COC(=O)NC(C(=O)N1CCC[C@H]1c1ncc(-c2ccc(-c3ccc(-c4cnc([C@@H]5C6CCC(C6)[C@H]5C(=O)NC(C(=O)NCC(F)F)C(C)C)[nH]4)cc3)cc2)[nH]1)C(C)C. The van der Waals surface area contributed by atoms with Crippen LogP contribution >= 0.6 is 0 Å². The zero-order valence-corrected chi connectivity index (χ0v) is 34.1. The number of hydrogen-bond donors (Lipinski definition) is 5. The van der Waals surface area contributed by atoms with Crippen LogP contribution in [0.2, 0.25) is 0 Å². The fraction of sp³-hybridized carbons (Fsp3) is 0.500. The lowest BCUT2D eigenvalue weighted by molar-refractivity contribution is -0.135. The molecule has 3 heterocycles. The highest BCUT2D eigenvalue weighted by molar-refractivity contribution is 5.89. The van der Waals surface area contributed by atoms with Gasteiger partial charge < -0.3 is 35.6 Å². The van der Waals surface area contributed by atoms with Gasteiger partial charge in [-0.1, -0.05) is 76.2 Å². The molecule has 4 amide bonds. The van der Waals surface area contributed by atoms with E-state index in [2.05, 4.69) is 55.2 Å². The normalized spacial score (nSPS) is 22.2. The van der Waals surface area contributed by atoms with Crippen molar-refractivity contribution in [3.8, 4) is 33.6 Å². The van der Waals surface area contributed by atoms with Gasteiger partial charge in [0.1, 0.15) is 23.7 Å². The molecule has 7 rings (SSSR count). The first-order chi connectivity index (χ1) is 28.3. The number of nitrogens with one attached hydrogen (secondary N) is 5. The molecule has 3 fully saturated rings. The number of alkyl halides is 2. The molecule has 0 radical (unpaired) electrons. The molecule has 2 saturated carbocycles. The Morgan fingerprint density at radius 1 is 0.780 bits per heavy atom. The number of fused-ring (bicyclic) bond motifs is 2. The highest BCUT2D eigenvalue weighted by Crippen LogP contribution is 2.56. The zero-order valence-electron chi connectivity index (χ0n) is 34.1. The molecule has 314 valence electrons. The molecule has 4 unspecified atom stereocenters. The van der Waals surface area contributed by atoms with E-state index in [1.165, 1.54) is 7.11 Å². The Bertz CT molecular complexity index is 2120. The molecule has 1 saturated heterocycles. The first-order valence-electron chi connectivity index (χ1n) is 20.6. The number of nitrogens with zero attached hydrogens (tertiary/aromatic N) is 3. The van der Waals surface area contributed by atoms with Crippen LogP contribution in [0.15, 0.2) is 60.9 Å². The summed E-state index contributed by atoms with van der Waals surface area (Å²) >= 11 is 0. The predicted molar refractivity (Wildman–Crippen MR) is 218 cm³/mol. The maximum absolute atomic E-state index is 13.8. The van der Waals surface area contributed by atoms with Crippen LogP contribution in [0.3, 0.4) is 0 Å². The Hall–Kier alpha value is -5.60. The van der Waals surface area contributed by atoms with E-state index in [1.807, 2.05) is 38.1 Å². The zero-order chi connectivity index (χ0) is 42.0. The van der Waals surface area contributed by atoms with Crippen LogP contribution in [0.1, 0.15) is 83.4 Å². The van der Waals surface area contributed by atoms with Crippen molar-refractivity contribution in [2.75, 3.05) is 20.2 Å². The summed E-state index contributed by atoms with van der Waals surface area (Å²) in [4.78, 5) is 70.2. The van der Waals surface area contributed by atoms with E-state index in [9.17, 15) is 28.0 Å². The molecule has 5 N–H and O–H groups in total. The average Bonchev–Trinajstić information content (AvgIpc) is 4.09. The summed E-state index contributed by atoms with van der Waals surface area (Å²) in [5, 5.41) is 7.85. The summed E-state index contributed by atoms with van der Waals surface area (Å²) in [7, 11) is 1.28. The van der Waals surface area contributed by atoms with Gasteiger partial charge >= 0.3 is 6.09 Å². The second-order valence-corrected chi connectivity index (χ2v) is 16.8. The van der Waals surface area contributed by atoms with Crippen LogP contribution in [-0.4, -0.2) is 87.4 Å². The van der Waals surface area contributed by atoms with E-state index < -0.39 is 37.1 Å². The second kappa shape index (κ2) is 17.7. The first-order valence-corrected chi connectivity index (χ1v) is 20.6. The standard InChI is InChI=1S/C44H54F2N8O5/c1-23(2)37(42(56)49-22-34(45)46)52-41(55)36-30-17-16-29(19-30)35(36)40-48-21-32(51-40)28-14-10-26(11-15-28)25-8-12-27(13-9-25)31-20-47-39(50-31)33-7-6-18-54(33)43(57)38(24(3)4)53-44(58)59-5/h8-15,20-21,23-24,29-30,33-38H,6-7,16-19,22H2,1-5H3,(H,47,50)(H,48,51)(H,49,56)(H,52,55)(H,53,58)/t29?,30?,33-,35+,36+,37?,38?/m0/s1. The molecule has 2 aliphatic carbocycles. The lowest BCUT2D eigenvalue weighted by atomic mass is 9.78. The van der Waals surface area contributed by atoms with Gasteiger partial charge in [-0.15, -0.1) is 0 Å². The number of aromatic amines is 2. The van der Waals surface area contributed by atoms with Crippen molar-refractivity contribution >= 4 is 23.8 Å². The van der Waals surface area contributed by atoms with Crippen LogP contribution in [0.4, 0.5) is 13.6 Å². The molecular weight excluding hydrogens is 759 g/mol. The number of likely N-dealkylation sites (tertiary alicyclic amines) is 1. The minimum absolute atomic E-state index is 0.116. The maximum Gasteiger partial charge on any atom is 0.407 e. The van der Waals surface area contributed by atoms with Crippen molar-refractivity contribution in [3.63, 3.8) is 0 Å². The third-order valence-corrected chi connectivity index (χ3v) is 12.4. The molecule has 1 aliphatic heterocycles. The number of H-pyrrole nitrogens is 2. The first kappa shape index (κ1) is 41.6. The monoisotopic (exact) mass is 812 g/mol. The number of rotatable bonds is 14. The van der Waals surface area contributed by atoms with Gasteiger partial charge in [-0.25, -0.2) is 23.5 Å². The van der Waals surface area contributed by atoms with Crippen LogP contribution in [0, 0.1) is 29.6 Å². The van der Waals surface area contributed by atoms with Crippen molar-refractivity contribution in [1.29, 1.82) is 0 Å². The Morgan fingerprint density at radius 3 is 1.92 bits per heavy atom. The number of benzene rings is 2. The van der Waals surface area contributed by atoms with E-state index in [0.717, 1.165) is 71.6 Å². The topological polar surface area (TPSA) is 174 Å². The largest absolute Gasteiger partial charge is 0.453 e. The van der Waals surface area contributed by atoms with Gasteiger partial charge in [-0.3, -0.25) is 14.4 Å². The van der Waals surface area contributed by atoms with Gasteiger partial charge in [0.05, 0.1) is 49.4 Å². The number of hydrogen-bond acceptors (Lipinski definition) is 7. The minimum atomic E-state index is -2.67. The third-order valence-electron chi connectivity index (χ3n) is 12.4. The smallest absolute Gasteiger partial charge is 0.407 e. The van der Waals surface area contributed by atoms with Gasteiger partial charge in [-0.05, 0) is 78.0 Å². The van der Waals surface area contributed by atoms with Gasteiger partial charge in [-0.2, -0.15) is 0 Å². The fourth-order valence-corrected chi connectivity index (χ4v) is 9.32. The molecule has 3 aliphatic rings. The molecule has 7 atom stereocenters. The molecule has 2 bridgehead atoms. The summed E-state index contributed by atoms with van der Waals surface area (Å²) in [6.45, 7) is 7.19. The summed E-state index contributed by atoms with van der Waals surface area (Å²) < 4.78 is 30.3. The van der Waals surface area contributed by atoms with E-state index >= 15 is 0 Å². The number of alkyl carbamates (subject to hydrolysis) is 1. The van der Waals surface area contributed by atoms with Gasteiger partial charge in [0.25, 0.3) is 6.43 Å². The van der Waals surface area contributed by atoms with Gasteiger partial charge in [0.2, 0.25) is 17.7 Å². The van der Waals surface area contributed by atoms with E-state index in [1.54, 1.807) is 31.1 Å². The van der Waals surface area contributed by atoms with Gasteiger partial charge in [0, 0.05) is 12.5 Å². The number of carbonyl (C=O) groups is 4. The quantitative estimate of drug-likeness (QED) is 0.0928. The Balaban J connectivity index is 1.00. The summed E-state index contributed by atoms with van der Waals surface area (Å²) in [6, 6.07) is 14.6. The number of halogens is 2. The number of amides is 4. The van der Waals surface area contributed by atoms with Gasteiger partial charge in [0.15, 0.2) is 0 Å². The molecule has 2 aromatic carbocycles. The average molecular weight is 813 g/mol. The predicted octanol–water partition coefficient (Wildman–Crippen LogP) is 6.83. The van der Waals surface area contributed by atoms with E-state index in [-0.39, 0.29) is 47.4 Å². The Labute approximate surface area is 342 Å². The van der Waals surface area contributed by atoms with E-state index in [4.69, 9.17) is 9.72 Å². The van der Waals surface area contributed by atoms with E-state index in [0.29, 0.717) is 18.3 Å². The molecule has 59 heavy (non-hydrogen) atoms. The molecule has 2 aromatic heterocycles. The minimum Gasteiger partial charge on any atom is -0.453 e. The Kier molecular flexibility index (Phi) is 12.5. The highest BCUT2D eigenvalue weighted by Gasteiger charge is 2.53. The Morgan fingerprint density at radius 2 is 1.34 bits per heavy atom. The van der Waals surface area contributed by atoms with Crippen molar-refractivity contribution < 1.29 is 32.7 Å². The van der Waals surface area contributed by atoms with Crippen molar-refractivity contribution in [2.45, 2.75) is 90.3 Å². The lowest BCUT2D eigenvalue weighted by Gasteiger charge is -2.31. The van der Waals surface area contributed by atoms with Crippen molar-refractivity contribution in [1.82, 2.24) is 40.8 Å². The molecule has 15 heteroatoms. The highest BCUT2D eigenvalue weighted by atomic mass is 19.3. The van der Waals surface area contributed by atoms with Crippen LogP contribution in [-0.2, 0) is 19.1 Å². The van der Waals surface area contributed by atoms with Crippen molar-refractivity contribution in [3.05, 3.63) is 72.6 Å². The van der Waals surface area contributed by atoms with Crippen LogP contribution in [0.5, 0.6) is 0 Å². The summed E-state index contributed by atoms with van der Waals surface area (Å²) in [5.41, 5.74) is 5.66. The van der Waals surface area contributed by atoms with Crippen LogP contribution in [0.25, 0.3) is 33.6 Å². The molecule has 13 nitrogen and oxygen atoms in total. The number of carbonyl (C=O) groups excluding carboxylic acids is 4.